The summed E-state index contributed by atoms with van der Waals surface area (Å²) in [4.78, 5) is 6.15. The molecule has 166 valence electrons. The highest BCUT2D eigenvalue weighted by atomic mass is 127. The van der Waals surface area contributed by atoms with E-state index in [0.717, 1.165) is 12.5 Å². The van der Waals surface area contributed by atoms with Gasteiger partial charge in [-0.3, -0.25) is 4.99 Å². The molecule has 7 nitrogen and oxygen atoms in total. The van der Waals surface area contributed by atoms with E-state index in [1.54, 1.807) is 7.05 Å². The smallest absolute Gasteiger partial charge is 0.379 e. The van der Waals surface area contributed by atoms with Gasteiger partial charge in [-0.25, -0.2) is 8.42 Å². The monoisotopic (exact) mass is 542 g/mol. The van der Waals surface area contributed by atoms with Gasteiger partial charge in [-0.05, 0) is 37.5 Å². The minimum absolute atomic E-state index is 0. The molecule has 12 heteroatoms. The zero-order valence-corrected chi connectivity index (χ0v) is 19.4. The molecule has 0 atom stereocenters. The minimum atomic E-state index is -5.23. The Balaban J connectivity index is 0.00000392. The molecule has 0 radical (unpaired) electrons. The first-order valence-corrected chi connectivity index (χ1v) is 10.6. The summed E-state index contributed by atoms with van der Waals surface area (Å²) in [5.41, 5.74) is -5.23. The second-order valence-electron chi connectivity index (χ2n) is 7.16. The van der Waals surface area contributed by atoms with Gasteiger partial charge in [0.05, 0.1) is 6.61 Å². The summed E-state index contributed by atoms with van der Waals surface area (Å²) in [6, 6.07) is 0. The first-order valence-electron chi connectivity index (χ1n) is 9.21. The Morgan fingerprint density at radius 3 is 2.32 bits per heavy atom. The number of piperidine rings is 1. The van der Waals surface area contributed by atoms with E-state index in [1.807, 2.05) is 11.9 Å². The van der Waals surface area contributed by atoms with E-state index in [-0.39, 0.29) is 43.0 Å². The molecule has 2 rings (SSSR count). The Bertz CT molecular complexity index is 607. The van der Waals surface area contributed by atoms with E-state index < -0.39 is 15.5 Å². The quantitative estimate of drug-likeness (QED) is 0.220. The summed E-state index contributed by atoms with van der Waals surface area (Å²) in [7, 11) is -1.65. The Morgan fingerprint density at radius 2 is 1.82 bits per heavy atom. The molecule has 0 bridgehead atoms. The van der Waals surface area contributed by atoms with Gasteiger partial charge in [0, 0.05) is 46.9 Å². The van der Waals surface area contributed by atoms with Crippen LogP contribution in [0.4, 0.5) is 13.2 Å². The van der Waals surface area contributed by atoms with Crippen LogP contribution in [0.5, 0.6) is 0 Å². The van der Waals surface area contributed by atoms with Crippen molar-refractivity contribution in [2.24, 2.45) is 16.8 Å². The standard InChI is InChI=1S/C16H29F3N4O3S.HI/c1-20-15(22(2)9-10-26-12-14-3-4-14)21-11-13-5-7-23(8-6-13)27(24,25)16(17,18)19;/h13-14H,3-12H2,1-2H3,(H,20,21);1H. The third kappa shape index (κ3) is 7.48. The number of likely N-dealkylation sites (N-methyl/N-ethyl adjacent to an activating group) is 1. The van der Waals surface area contributed by atoms with Crippen LogP contribution in [-0.2, 0) is 14.8 Å². The van der Waals surface area contributed by atoms with Crippen molar-refractivity contribution in [2.75, 3.05) is 53.5 Å². The Kier molecular flexibility index (Phi) is 10.2. The second kappa shape index (κ2) is 11.2. The van der Waals surface area contributed by atoms with Gasteiger partial charge in [0.25, 0.3) is 0 Å². The van der Waals surface area contributed by atoms with Crippen molar-refractivity contribution in [3.8, 4) is 0 Å². The molecule has 1 heterocycles. The van der Waals surface area contributed by atoms with Crippen molar-refractivity contribution in [3.63, 3.8) is 0 Å². The normalized spacial score (nSPS) is 20.0. The molecule has 0 aromatic heterocycles. The summed E-state index contributed by atoms with van der Waals surface area (Å²) in [6.45, 7) is 2.42. The van der Waals surface area contributed by atoms with Crippen LogP contribution in [0.15, 0.2) is 4.99 Å². The van der Waals surface area contributed by atoms with Crippen LogP contribution in [0.25, 0.3) is 0 Å². The van der Waals surface area contributed by atoms with Gasteiger partial charge in [0.15, 0.2) is 5.96 Å². The number of guanidine groups is 1. The summed E-state index contributed by atoms with van der Waals surface area (Å²) in [5.74, 6) is 1.51. The Hall–Kier alpha value is -0.340. The lowest BCUT2D eigenvalue weighted by molar-refractivity contribution is -0.0496. The first-order chi connectivity index (χ1) is 12.6. The largest absolute Gasteiger partial charge is 0.511 e. The predicted molar refractivity (Wildman–Crippen MR) is 112 cm³/mol. The molecular formula is C16H30F3IN4O3S. The number of nitrogens with zero attached hydrogens (tertiary/aromatic N) is 3. The van der Waals surface area contributed by atoms with Crippen LogP contribution in [0.2, 0.25) is 0 Å². The second-order valence-corrected chi connectivity index (χ2v) is 9.09. The Labute approximate surface area is 182 Å². The van der Waals surface area contributed by atoms with Crippen molar-refractivity contribution >= 4 is 40.0 Å². The number of aliphatic imine (C=N–C) groups is 1. The number of hydrogen-bond acceptors (Lipinski definition) is 4. The third-order valence-electron chi connectivity index (χ3n) is 4.95. The lowest BCUT2D eigenvalue weighted by atomic mass is 9.98. The van der Waals surface area contributed by atoms with Crippen molar-refractivity contribution in [2.45, 2.75) is 31.2 Å². The third-order valence-corrected chi connectivity index (χ3v) is 6.58. The van der Waals surface area contributed by atoms with Gasteiger partial charge < -0.3 is 15.0 Å². The highest BCUT2D eigenvalue weighted by Gasteiger charge is 2.50. The molecular weight excluding hydrogens is 512 g/mol. The van der Waals surface area contributed by atoms with E-state index in [0.29, 0.717) is 42.8 Å². The van der Waals surface area contributed by atoms with E-state index in [1.165, 1.54) is 12.8 Å². The van der Waals surface area contributed by atoms with Gasteiger partial charge in [-0.2, -0.15) is 17.5 Å². The Morgan fingerprint density at radius 1 is 1.21 bits per heavy atom. The first kappa shape index (κ1) is 25.7. The van der Waals surface area contributed by atoms with Crippen molar-refractivity contribution in [1.82, 2.24) is 14.5 Å². The maximum atomic E-state index is 12.6. The number of sulfonamides is 1. The zero-order chi connectivity index (χ0) is 20.1. The summed E-state index contributed by atoms with van der Waals surface area (Å²) in [5, 5.41) is 3.21. The molecule has 1 aliphatic carbocycles. The number of hydrogen-bond donors (Lipinski definition) is 1. The summed E-state index contributed by atoms with van der Waals surface area (Å²) in [6.07, 6.45) is 3.27. The summed E-state index contributed by atoms with van der Waals surface area (Å²) < 4.78 is 66.8. The number of nitrogens with one attached hydrogen (secondary N) is 1. The number of alkyl halides is 3. The summed E-state index contributed by atoms with van der Waals surface area (Å²) >= 11 is 0. The van der Waals surface area contributed by atoms with E-state index in [4.69, 9.17) is 4.74 Å². The SMILES string of the molecule is CN=C(NCC1CCN(S(=O)(=O)C(F)(F)F)CC1)N(C)CCOCC1CC1.I. The number of rotatable bonds is 8. The van der Waals surface area contributed by atoms with Gasteiger partial charge in [-0.15, -0.1) is 24.0 Å². The average Bonchev–Trinajstić information content (AvgIpc) is 3.43. The lowest BCUT2D eigenvalue weighted by Crippen LogP contribution is -2.47. The lowest BCUT2D eigenvalue weighted by Gasteiger charge is -2.32. The molecule has 0 aromatic rings. The van der Waals surface area contributed by atoms with Crippen molar-refractivity contribution in [3.05, 3.63) is 0 Å². The molecule has 2 fully saturated rings. The minimum Gasteiger partial charge on any atom is -0.379 e. The molecule has 0 spiro atoms. The fourth-order valence-corrected chi connectivity index (χ4v) is 3.95. The molecule has 1 aliphatic heterocycles. The van der Waals surface area contributed by atoms with Crippen LogP contribution in [0, 0.1) is 11.8 Å². The highest BCUT2D eigenvalue weighted by Crippen LogP contribution is 2.30. The number of ether oxygens (including phenoxy) is 1. The van der Waals surface area contributed by atoms with Gasteiger partial charge in [0.1, 0.15) is 0 Å². The molecule has 1 N–H and O–H groups in total. The van der Waals surface area contributed by atoms with Crippen molar-refractivity contribution < 1.29 is 26.3 Å². The van der Waals surface area contributed by atoms with Crippen LogP contribution < -0.4 is 5.32 Å². The molecule has 28 heavy (non-hydrogen) atoms. The fourth-order valence-electron chi connectivity index (χ4n) is 2.96. The fraction of sp³-hybridized carbons (Fsp3) is 0.938. The molecule has 0 aromatic carbocycles. The van der Waals surface area contributed by atoms with Crippen LogP contribution >= 0.6 is 24.0 Å². The van der Waals surface area contributed by atoms with Gasteiger partial charge in [-0.1, -0.05) is 0 Å². The number of halogens is 4. The average molecular weight is 542 g/mol. The van der Waals surface area contributed by atoms with Crippen molar-refractivity contribution in [1.29, 1.82) is 0 Å². The predicted octanol–water partition coefficient (Wildman–Crippen LogP) is 2.10. The van der Waals surface area contributed by atoms with Crippen LogP contribution in [0.3, 0.4) is 0 Å². The topological polar surface area (TPSA) is 74.2 Å². The van der Waals surface area contributed by atoms with Crippen LogP contribution in [0.1, 0.15) is 25.7 Å². The van der Waals surface area contributed by atoms with E-state index in [2.05, 4.69) is 10.3 Å². The zero-order valence-electron chi connectivity index (χ0n) is 16.2. The molecule has 0 unspecified atom stereocenters. The van der Waals surface area contributed by atoms with E-state index >= 15 is 0 Å². The van der Waals surface area contributed by atoms with Gasteiger partial charge >= 0.3 is 15.5 Å². The molecule has 0 amide bonds. The molecule has 1 saturated carbocycles. The highest BCUT2D eigenvalue weighted by molar-refractivity contribution is 14.0. The maximum absolute atomic E-state index is 12.6. The van der Waals surface area contributed by atoms with Gasteiger partial charge in [0.2, 0.25) is 0 Å². The maximum Gasteiger partial charge on any atom is 0.511 e. The molecule has 2 aliphatic rings. The molecule has 1 saturated heterocycles. The van der Waals surface area contributed by atoms with E-state index in [9.17, 15) is 21.6 Å². The van der Waals surface area contributed by atoms with Crippen LogP contribution in [-0.4, -0.2) is 82.6 Å².